The lowest BCUT2D eigenvalue weighted by molar-refractivity contribution is 0.275. The standard InChI is InChI=1S/C5H14Si.H3O4P/c1-5(2)6(3)4;1-5(2,3)4/h5-6H,1-4H3;(H3,1,2,3,4). The van der Waals surface area contributed by atoms with E-state index >= 15 is 0 Å². The number of hydrogen-bond acceptors (Lipinski definition) is 1. The molecule has 0 heterocycles. The van der Waals surface area contributed by atoms with Crippen LogP contribution >= 0.6 is 7.82 Å². The van der Waals surface area contributed by atoms with Crippen molar-refractivity contribution in [2.45, 2.75) is 32.5 Å². The van der Waals surface area contributed by atoms with Crippen LogP contribution < -0.4 is 0 Å². The van der Waals surface area contributed by atoms with E-state index in [1.165, 1.54) is 0 Å². The van der Waals surface area contributed by atoms with Crippen molar-refractivity contribution in [2.75, 3.05) is 0 Å². The summed E-state index contributed by atoms with van der Waals surface area (Å²) in [4.78, 5) is 21.6. The van der Waals surface area contributed by atoms with Crippen LogP contribution in [0.4, 0.5) is 0 Å². The van der Waals surface area contributed by atoms with E-state index < -0.39 is 7.82 Å². The second-order valence-corrected chi connectivity index (χ2v) is 7.85. The van der Waals surface area contributed by atoms with Gasteiger partial charge in [-0.1, -0.05) is 32.5 Å². The lowest BCUT2D eigenvalue weighted by atomic mass is 10.6. The molecule has 70 valence electrons. The predicted molar refractivity (Wildman–Crippen MR) is 48.2 cm³/mol. The summed E-state index contributed by atoms with van der Waals surface area (Å²) in [5.74, 6) is 0. The van der Waals surface area contributed by atoms with Crippen molar-refractivity contribution in [3.8, 4) is 0 Å². The first-order chi connectivity index (χ1) is 4.64. The molecule has 0 aromatic carbocycles. The molecule has 11 heavy (non-hydrogen) atoms. The van der Waals surface area contributed by atoms with E-state index in [4.69, 9.17) is 19.2 Å². The Bertz CT molecular complexity index is 116. The highest BCUT2D eigenvalue weighted by atomic mass is 31.2. The van der Waals surface area contributed by atoms with Gasteiger partial charge in [-0.15, -0.1) is 0 Å². The number of hydrogen-bond donors (Lipinski definition) is 3. The smallest absolute Gasteiger partial charge is 0.303 e. The molecule has 0 aliphatic rings. The van der Waals surface area contributed by atoms with Crippen LogP contribution in [0.25, 0.3) is 0 Å². The SMILES string of the molecule is CC(C)[SiH](C)C.O=P(O)(O)O. The van der Waals surface area contributed by atoms with Gasteiger partial charge in [-0.05, 0) is 0 Å². The summed E-state index contributed by atoms with van der Waals surface area (Å²) in [5, 5.41) is 0. The van der Waals surface area contributed by atoms with E-state index in [2.05, 4.69) is 26.9 Å². The fourth-order valence-electron chi connectivity index (χ4n) is 0. The minimum Gasteiger partial charge on any atom is -0.303 e. The molecule has 3 N–H and O–H groups in total. The Balaban J connectivity index is 0. The quantitative estimate of drug-likeness (QED) is 0.435. The van der Waals surface area contributed by atoms with Crippen LogP contribution in [0.3, 0.4) is 0 Å². The molecule has 0 saturated carbocycles. The summed E-state index contributed by atoms with van der Waals surface area (Å²) < 4.78 is 8.88. The Morgan fingerprint density at radius 1 is 1.18 bits per heavy atom. The molecular formula is C5H17O4PSi. The van der Waals surface area contributed by atoms with Crippen molar-refractivity contribution < 1.29 is 19.2 Å². The van der Waals surface area contributed by atoms with E-state index in [1.54, 1.807) is 0 Å². The number of rotatable bonds is 1. The fourth-order valence-corrected chi connectivity index (χ4v) is 0. The van der Waals surface area contributed by atoms with Crippen molar-refractivity contribution >= 4 is 16.6 Å². The van der Waals surface area contributed by atoms with Gasteiger partial charge in [0.1, 0.15) is 0 Å². The molecule has 0 aromatic heterocycles. The molecule has 6 heteroatoms. The summed E-state index contributed by atoms with van der Waals surface area (Å²) >= 11 is 0. The third-order valence-electron chi connectivity index (χ3n) is 1.33. The predicted octanol–water partition coefficient (Wildman–Crippen LogP) is 0.954. The van der Waals surface area contributed by atoms with Crippen LogP contribution in [-0.4, -0.2) is 23.5 Å². The van der Waals surface area contributed by atoms with Crippen molar-refractivity contribution in [3.05, 3.63) is 0 Å². The summed E-state index contributed by atoms with van der Waals surface area (Å²) in [7, 11) is -4.88. The monoisotopic (exact) mass is 200 g/mol. The van der Waals surface area contributed by atoms with Gasteiger partial charge < -0.3 is 14.7 Å². The van der Waals surface area contributed by atoms with Gasteiger partial charge in [0.15, 0.2) is 0 Å². The first kappa shape index (κ1) is 13.9. The van der Waals surface area contributed by atoms with E-state index in [-0.39, 0.29) is 8.80 Å². The van der Waals surface area contributed by atoms with Gasteiger partial charge >= 0.3 is 7.82 Å². The molecule has 4 nitrogen and oxygen atoms in total. The summed E-state index contributed by atoms with van der Waals surface area (Å²) in [6.45, 7) is 9.36. The minimum atomic E-state index is -4.64. The van der Waals surface area contributed by atoms with Gasteiger partial charge in [0, 0.05) is 8.80 Å². The zero-order valence-electron chi connectivity index (χ0n) is 7.35. The molecule has 0 bridgehead atoms. The van der Waals surface area contributed by atoms with Crippen LogP contribution in [0, 0.1) is 0 Å². The highest BCUT2D eigenvalue weighted by Crippen LogP contribution is 2.25. The largest absolute Gasteiger partial charge is 0.466 e. The molecule has 0 atom stereocenters. The second-order valence-electron chi connectivity index (χ2n) is 3.00. The summed E-state index contributed by atoms with van der Waals surface area (Å²) in [6, 6.07) is 0. The number of phosphoric acid groups is 1. The maximum atomic E-state index is 8.88. The third-order valence-corrected chi connectivity index (χ3v) is 4.00. The van der Waals surface area contributed by atoms with E-state index in [0.29, 0.717) is 0 Å². The topological polar surface area (TPSA) is 77.8 Å². The van der Waals surface area contributed by atoms with Crippen molar-refractivity contribution in [1.82, 2.24) is 0 Å². The maximum Gasteiger partial charge on any atom is 0.466 e. The zero-order chi connectivity index (χ0) is 9.65. The highest BCUT2D eigenvalue weighted by molar-refractivity contribution is 7.45. The van der Waals surface area contributed by atoms with Gasteiger partial charge in [0.25, 0.3) is 0 Å². The highest BCUT2D eigenvalue weighted by Gasteiger charge is 2.00. The average Bonchev–Trinajstić information content (AvgIpc) is 1.59. The first-order valence-corrected chi connectivity index (χ1v) is 7.97. The Morgan fingerprint density at radius 2 is 1.27 bits per heavy atom. The summed E-state index contributed by atoms with van der Waals surface area (Å²) in [5.41, 5.74) is 0.991. The molecule has 0 aliphatic carbocycles. The van der Waals surface area contributed by atoms with E-state index in [0.717, 1.165) is 5.54 Å². The lowest BCUT2D eigenvalue weighted by Crippen LogP contribution is -2.03. The van der Waals surface area contributed by atoms with E-state index in [9.17, 15) is 0 Å². The van der Waals surface area contributed by atoms with Gasteiger partial charge in [-0.25, -0.2) is 4.57 Å². The molecule has 0 radical (unpaired) electrons. The van der Waals surface area contributed by atoms with Crippen molar-refractivity contribution in [2.24, 2.45) is 0 Å². The molecule has 0 rings (SSSR count). The molecule has 0 fully saturated rings. The van der Waals surface area contributed by atoms with Crippen molar-refractivity contribution in [3.63, 3.8) is 0 Å². The van der Waals surface area contributed by atoms with Crippen LogP contribution in [0.5, 0.6) is 0 Å². The molecule has 0 unspecified atom stereocenters. The average molecular weight is 200 g/mol. The molecule has 0 amide bonds. The van der Waals surface area contributed by atoms with Crippen LogP contribution in [0.15, 0.2) is 0 Å². The van der Waals surface area contributed by atoms with E-state index in [1.807, 2.05) is 0 Å². The Kier molecular flexibility index (Phi) is 7.46. The molecule has 0 aliphatic heterocycles. The first-order valence-electron chi connectivity index (χ1n) is 3.43. The minimum absolute atomic E-state index is 0.244. The molecule has 0 aromatic rings. The Labute approximate surface area is 69.1 Å². The molecular weight excluding hydrogens is 183 g/mol. The van der Waals surface area contributed by atoms with Crippen molar-refractivity contribution in [1.29, 1.82) is 0 Å². The summed E-state index contributed by atoms with van der Waals surface area (Å²) in [6.07, 6.45) is 0. The normalized spacial score (nSPS) is 11.4. The van der Waals surface area contributed by atoms with Gasteiger partial charge in [0.2, 0.25) is 0 Å². The van der Waals surface area contributed by atoms with Gasteiger partial charge in [-0.3, -0.25) is 0 Å². The molecule has 0 saturated heterocycles. The second kappa shape index (κ2) is 5.91. The fraction of sp³-hybridized carbons (Fsp3) is 1.00. The molecule has 0 spiro atoms. The van der Waals surface area contributed by atoms with Crippen LogP contribution in [0.2, 0.25) is 18.6 Å². The van der Waals surface area contributed by atoms with Crippen LogP contribution in [-0.2, 0) is 4.57 Å². The van der Waals surface area contributed by atoms with Gasteiger partial charge in [-0.2, -0.15) is 0 Å². The Morgan fingerprint density at radius 3 is 1.27 bits per heavy atom. The zero-order valence-corrected chi connectivity index (χ0v) is 9.40. The Hall–Kier alpha value is 0.327. The van der Waals surface area contributed by atoms with Crippen LogP contribution in [0.1, 0.15) is 13.8 Å². The maximum absolute atomic E-state index is 8.88. The lowest BCUT2D eigenvalue weighted by Gasteiger charge is -2.03. The van der Waals surface area contributed by atoms with Gasteiger partial charge in [0.05, 0.1) is 0 Å². The third kappa shape index (κ3) is 38.2.